The van der Waals surface area contributed by atoms with Crippen LogP contribution in [0, 0.1) is 6.92 Å². The predicted octanol–water partition coefficient (Wildman–Crippen LogP) is 3.22. The molecule has 5 heteroatoms. The van der Waals surface area contributed by atoms with Crippen molar-refractivity contribution in [3.05, 3.63) is 56.8 Å². The Bertz CT molecular complexity index is 673. The van der Waals surface area contributed by atoms with Crippen molar-refractivity contribution in [2.75, 3.05) is 14.2 Å². The van der Waals surface area contributed by atoms with Gasteiger partial charge in [-0.1, -0.05) is 18.2 Å². The standard InChI is InChI=1S/C16H16O4S/c1-10-8-14(16(18)20-3)21-13(10)9-11-6-4-5-7-12(11)15(17)19-2/h4-8H,9H2,1-3H3. The molecule has 0 fully saturated rings. The molecule has 1 aromatic heterocycles. The van der Waals surface area contributed by atoms with Gasteiger partial charge < -0.3 is 9.47 Å². The fraction of sp³-hybridized carbons (Fsp3) is 0.250. The lowest BCUT2D eigenvalue weighted by Gasteiger charge is -2.07. The summed E-state index contributed by atoms with van der Waals surface area (Å²) in [6.45, 7) is 1.94. The molecular formula is C16H16O4S. The number of ether oxygens (including phenoxy) is 2. The van der Waals surface area contributed by atoms with E-state index in [1.165, 1.54) is 25.6 Å². The Morgan fingerprint density at radius 3 is 2.43 bits per heavy atom. The van der Waals surface area contributed by atoms with E-state index in [4.69, 9.17) is 9.47 Å². The molecule has 21 heavy (non-hydrogen) atoms. The van der Waals surface area contributed by atoms with Crippen molar-refractivity contribution in [1.29, 1.82) is 0 Å². The first-order chi connectivity index (χ1) is 10.1. The minimum atomic E-state index is -0.354. The zero-order chi connectivity index (χ0) is 15.4. The average molecular weight is 304 g/mol. The molecule has 0 aliphatic rings. The van der Waals surface area contributed by atoms with Gasteiger partial charge in [0.05, 0.1) is 19.8 Å². The highest BCUT2D eigenvalue weighted by Gasteiger charge is 2.16. The second-order valence-electron chi connectivity index (χ2n) is 4.53. The predicted molar refractivity (Wildman–Crippen MR) is 81.0 cm³/mol. The third-order valence-electron chi connectivity index (χ3n) is 3.18. The molecule has 0 amide bonds. The van der Waals surface area contributed by atoms with Gasteiger partial charge in [0.2, 0.25) is 0 Å². The molecule has 0 bridgehead atoms. The van der Waals surface area contributed by atoms with E-state index in [9.17, 15) is 9.59 Å². The lowest BCUT2D eigenvalue weighted by molar-refractivity contribution is 0.0593. The molecule has 2 aromatic rings. The average Bonchev–Trinajstić information content (AvgIpc) is 2.87. The van der Waals surface area contributed by atoms with Gasteiger partial charge in [0, 0.05) is 11.3 Å². The van der Waals surface area contributed by atoms with Crippen LogP contribution >= 0.6 is 11.3 Å². The van der Waals surface area contributed by atoms with E-state index in [2.05, 4.69) is 0 Å². The van der Waals surface area contributed by atoms with Crippen LogP contribution in [0.3, 0.4) is 0 Å². The monoisotopic (exact) mass is 304 g/mol. The summed E-state index contributed by atoms with van der Waals surface area (Å²) in [5.41, 5.74) is 2.44. The van der Waals surface area contributed by atoms with Gasteiger partial charge >= 0.3 is 11.9 Å². The highest BCUT2D eigenvalue weighted by Crippen LogP contribution is 2.26. The number of rotatable bonds is 4. The van der Waals surface area contributed by atoms with Gasteiger partial charge in [-0.05, 0) is 30.2 Å². The first kappa shape index (κ1) is 15.3. The molecule has 0 radical (unpaired) electrons. The summed E-state index contributed by atoms with van der Waals surface area (Å²) in [6, 6.07) is 9.13. The van der Waals surface area contributed by atoms with Crippen LogP contribution in [-0.2, 0) is 15.9 Å². The van der Waals surface area contributed by atoms with Crippen molar-refractivity contribution in [2.45, 2.75) is 13.3 Å². The van der Waals surface area contributed by atoms with Crippen molar-refractivity contribution < 1.29 is 19.1 Å². The van der Waals surface area contributed by atoms with Crippen LogP contribution in [0.1, 0.15) is 36.0 Å². The van der Waals surface area contributed by atoms with E-state index in [1.807, 2.05) is 25.1 Å². The molecule has 2 rings (SSSR count). The lowest BCUT2D eigenvalue weighted by atomic mass is 10.0. The van der Waals surface area contributed by atoms with E-state index < -0.39 is 0 Å². The van der Waals surface area contributed by atoms with Gasteiger partial charge in [-0.15, -0.1) is 11.3 Å². The molecule has 4 nitrogen and oxygen atoms in total. The Labute approximate surface area is 127 Å². The van der Waals surface area contributed by atoms with Gasteiger partial charge in [-0.25, -0.2) is 9.59 Å². The third kappa shape index (κ3) is 3.31. The number of hydrogen-bond donors (Lipinski definition) is 0. The lowest BCUT2D eigenvalue weighted by Crippen LogP contribution is -2.05. The summed E-state index contributed by atoms with van der Waals surface area (Å²) < 4.78 is 9.53. The van der Waals surface area contributed by atoms with E-state index in [1.54, 1.807) is 12.1 Å². The molecule has 0 saturated heterocycles. The number of aryl methyl sites for hydroxylation is 1. The van der Waals surface area contributed by atoms with E-state index >= 15 is 0 Å². The van der Waals surface area contributed by atoms with Crippen molar-refractivity contribution in [3.8, 4) is 0 Å². The Kier molecular flexibility index (Phi) is 4.75. The largest absolute Gasteiger partial charge is 0.465 e. The van der Waals surface area contributed by atoms with Crippen LogP contribution in [0.25, 0.3) is 0 Å². The SMILES string of the molecule is COC(=O)c1cc(C)c(Cc2ccccc2C(=O)OC)s1. The summed E-state index contributed by atoms with van der Waals surface area (Å²) in [5.74, 6) is -0.691. The molecule has 1 heterocycles. The Balaban J connectivity index is 2.33. The Hall–Kier alpha value is -2.14. The molecule has 0 N–H and O–H groups in total. The number of carbonyl (C=O) groups excluding carboxylic acids is 2. The molecule has 0 atom stereocenters. The highest BCUT2D eigenvalue weighted by molar-refractivity contribution is 7.14. The summed E-state index contributed by atoms with van der Waals surface area (Å²) in [5, 5.41) is 0. The number of carbonyl (C=O) groups is 2. The molecule has 0 aliphatic carbocycles. The number of benzene rings is 1. The molecule has 0 aliphatic heterocycles. The Morgan fingerprint density at radius 2 is 1.76 bits per heavy atom. The van der Waals surface area contributed by atoms with Crippen LogP contribution in [0.15, 0.2) is 30.3 Å². The van der Waals surface area contributed by atoms with Gasteiger partial charge in [0.1, 0.15) is 4.88 Å². The van der Waals surface area contributed by atoms with Crippen molar-refractivity contribution in [3.63, 3.8) is 0 Å². The maximum Gasteiger partial charge on any atom is 0.348 e. The molecule has 110 valence electrons. The molecular weight excluding hydrogens is 288 g/mol. The topological polar surface area (TPSA) is 52.6 Å². The maximum absolute atomic E-state index is 11.8. The molecule has 0 unspecified atom stereocenters. The summed E-state index contributed by atoms with van der Waals surface area (Å²) in [7, 11) is 2.73. The van der Waals surface area contributed by atoms with Gasteiger partial charge in [-0.2, -0.15) is 0 Å². The second-order valence-corrected chi connectivity index (χ2v) is 5.67. The molecule has 0 spiro atoms. The number of hydrogen-bond acceptors (Lipinski definition) is 5. The summed E-state index contributed by atoms with van der Waals surface area (Å²) >= 11 is 1.39. The van der Waals surface area contributed by atoms with Crippen LogP contribution in [0.4, 0.5) is 0 Å². The smallest absolute Gasteiger partial charge is 0.348 e. The van der Waals surface area contributed by atoms with Crippen molar-refractivity contribution in [1.82, 2.24) is 0 Å². The number of thiophene rings is 1. The molecule has 1 aromatic carbocycles. The first-order valence-corrected chi connectivity index (χ1v) is 7.22. The minimum Gasteiger partial charge on any atom is -0.465 e. The molecule has 0 saturated carbocycles. The van der Waals surface area contributed by atoms with Gasteiger partial charge in [0.25, 0.3) is 0 Å². The zero-order valence-corrected chi connectivity index (χ0v) is 13.0. The second kappa shape index (κ2) is 6.54. The fourth-order valence-electron chi connectivity index (χ4n) is 2.05. The fourth-order valence-corrected chi connectivity index (χ4v) is 3.17. The normalized spacial score (nSPS) is 10.2. The van der Waals surface area contributed by atoms with E-state index in [-0.39, 0.29) is 11.9 Å². The van der Waals surface area contributed by atoms with Crippen molar-refractivity contribution >= 4 is 23.3 Å². The van der Waals surface area contributed by atoms with Crippen LogP contribution in [0.5, 0.6) is 0 Å². The van der Waals surface area contributed by atoms with Crippen LogP contribution in [-0.4, -0.2) is 26.2 Å². The summed E-state index contributed by atoms with van der Waals surface area (Å²) in [6.07, 6.45) is 0.582. The Morgan fingerprint density at radius 1 is 1.10 bits per heavy atom. The van der Waals surface area contributed by atoms with Crippen LogP contribution in [0.2, 0.25) is 0 Å². The van der Waals surface area contributed by atoms with Gasteiger partial charge in [-0.3, -0.25) is 0 Å². The number of esters is 2. The minimum absolute atomic E-state index is 0.337. The number of methoxy groups -OCH3 is 2. The highest BCUT2D eigenvalue weighted by atomic mass is 32.1. The zero-order valence-electron chi connectivity index (χ0n) is 12.1. The first-order valence-electron chi connectivity index (χ1n) is 6.40. The quantitative estimate of drug-likeness (QED) is 0.814. The van der Waals surface area contributed by atoms with Crippen LogP contribution < -0.4 is 0 Å². The van der Waals surface area contributed by atoms with E-state index in [0.717, 1.165) is 16.0 Å². The van der Waals surface area contributed by atoms with E-state index in [0.29, 0.717) is 16.9 Å². The third-order valence-corrected chi connectivity index (χ3v) is 4.40. The van der Waals surface area contributed by atoms with Crippen molar-refractivity contribution in [2.24, 2.45) is 0 Å². The summed E-state index contributed by atoms with van der Waals surface area (Å²) in [4.78, 5) is 24.9. The maximum atomic E-state index is 11.8. The van der Waals surface area contributed by atoms with Gasteiger partial charge in [0.15, 0.2) is 0 Å².